The molecule has 2 rings (SSSR count). The van der Waals surface area contributed by atoms with Crippen LogP contribution in [0.15, 0.2) is 48.5 Å². The van der Waals surface area contributed by atoms with Gasteiger partial charge in [-0.1, -0.05) is 6.07 Å². The summed E-state index contributed by atoms with van der Waals surface area (Å²) in [6, 6.07) is 13.2. The van der Waals surface area contributed by atoms with Crippen LogP contribution in [0.25, 0.3) is 0 Å². The molecular formula is C20H23N3O5. The monoisotopic (exact) mass is 385 g/mol. The Morgan fingerprint density at radius 3 is 2.36 bits per heavy atom. The van der Waals surface area contributed by atoms with E-state index in [2.05, 4.69) is 20.7 Å². The average molecular weight is 385 g/mol. The van der Waals surface area contributed by atoms with Gasteiger partial charge in [0, 0.05) is 30.6 Å². The fourth-order valence-corrected chi connectivity index (χ4v) is 2.33. The van der Waals surface area contributed by atoms with Crippen LogP contribution in [0.3, 0.4) is 0 Å². The maximum Gasteiger partial charge on any atom is 0.337 e. The van der Waals surface area contributed by atoms with Crippen molar-refractivity contribution in [3.8, 4) is 0 Å². The van der Waals surface area contributed by atoms with E-state index >= 15 is 0 Å². The SMILES string of the molecule is COCCNC(=O)c1cccc(NCC(=O)Nc2ccc(C(=O)OC)cc2)c1. The highest BCUT2D eigenvalue weighted by atomic mass is 16.5. The lowest BCUT2D eigenvalue weighted by Crippen LogP contribution is -2.27. The van der Waals surface area contributed by atoms with Crippen LogP contribution in [0.5, 0.6) is 0 Å². The van der Waals surface area contributed by atoms with Gasteiger partial charge in [-0.25, -0.2) is 4.79 Å². The standard InChI is InChI=1S/C20H23N3O5/c1-27-11-10-21-19(25)15-4-3-5-17(12-15)22-13-18(24)23-16-8-6-14(7-9-16)20(26)28-2/h3-9,12,22H,10-11,13H2,1-2H3,(H,21,25)(H,23,24). The first kappa shape index (κ1) is 20.9. The Hall–Kier alpha value is -3.39. The summed E-state index contributed by atoms with van der Waals surface area (Å²) < 4.78 is 9.52. The topological polar surface area (TPSA) is 106 Å². The number of benzene rings is 2. The fourth-order valence-electron chi connectivity index (χ4n) is 2.33. The van der Waals surface area contributed by atoms with Gasteiger partial charge in [-0.3, -0.25) is 9.59 Å². The Labute approximate surface area is 163 Å². The number of hydrogen-bond donors (Lipinski definition) is 3. The summed E-state index contributed by atoms with van der Waals surface area (Å²) in [6.45, 7) is 0.877. The summed E-state index contributed by atoms with van der Waals surface area (Å²) in [7, 11) is 2.87. The second-order valence-corrected chi connectivity index (χ2v) is 5.80. The smallest absolute Gasteiger partial charge is 0.337 e. The van der Waals surface area contributed by atoms with Crippen LogP contribution in [0.2, 0.25) is 0 Å². The molecule has 0 aliphatic carbocycles. The number of hydrogen-bond acceptors (Lipinski definition) is 6. The van der Waals surface area contributed by atoms with Crippen molar-refractivity contribution < 1.29 is 23.9 Å². The maximum atomic E-state index is 12.1. The van der Waals surface area contributed by atoms with Crippen molar-refractivity contribution in [2.75, 3.05) is 44.5 Å². The van der Waals surface area contributed by atoms with Crippen LogP contribution in [-0.2, 0) is 14.3 Å². The third-order valence-corrected chi connectivity index (χ3v) is 3.76. The number of carbonyl (C=O) groups excluding carboxylic acids is 3. The lowest BCUT2D eigenvalue weighted by molar-refractivity contribution is -0.114. The number of rotatable bonds is 9. The second-order valence-electron chi connectivity index (χ2n) is 5.80. The predicted molar refractivity (Wildman–Crippen MR) is 106 cm³/mol. The number of amides is 2. The molecule has 0 unspecified atom stereocenters. The summed E-state index contributed by atoms with van der Waals surface area (Å²) in [5.41, 5.74) is 2.10. The van der Waals surface area contributed by atoms with Crippen LogP contribution >= 0.6 is 0 Å². The van der Waals surface area contributed by atoms with Gasteiger partial charge in [-0.15, -0.1) is 0 Å². The van der Waals surface area contributed by atoms with Crippen molar-refractivity contribution in [1.82, 2.24) is 5.32 Å². The zero-order chi connectivity index (χ0) is 20.4. The molecule has 0 aliphatic rings. The third kappa shape index (κ3) is 6.40. The molecule has 0 fully saturated rings. The van der Waals surface area contributed by atoms with Gasteiger partial charge in [0.1, 0.15) is 0 Å². The van der Waals surface area contributed by atoms with Crippen molar-refractivity contribution in [3.63, 3.8) is 0 Å². The minimum Gasteiger partial charge on any atom is -0.465 e. The fraction of sp³-hybridized carbons (Fsp3) is 0.250. The van der Waals surface area contributed by atoms with E-state index < -0.39 is 5.97 Å². The summed E-state index contributed by atoms with van der Waals surface area (Å²) >= 11 is 0. The number of ether oxygens (including phenoxy) is 2. The van der Waals surface area contributed by atoms with E-state index in [4.69, 9.17) is 4.74 Å². The van der Waals surface area contributed by atoms with Crippen molar-refractivity contribution in [2.45, 2.75) is 0 Å². The minimum atomic E-state index is -0.439. The van der Waals surface area contributed by atoms with E-state index in [9.17, 15) is 14.4 Å². The molecule has 0 saturated carbocycles. The number of esters is 1. The Morgan fingerprint density at radius 1 is 0.929 bits per heavy atom. The molecule has 0 bridgehead atoms. The summed E-state index contributed by atoms with van der Waals surface area (Å²) in [5.74, 6) is -0.915. The Kier molecular flexibility index (Phi) is 7.98. The number of carbonyl (C=O) groups is 3. The first-order valence-electron chi connectivity index (χ1n) is 8.63. The van der Waals surface area contributed by atoms with Gasteiger partial charge in [-0.2, -0.15) is 0 Å². The molecule has 0 aromatic heterocycles. The third-order valence-electron chi connectivity index (χ3n) is 3.76. The van der Waals surface area contributed by atoms with Gasteiger partial charge >= 0.3 is 5.97 Å². The molecule has 8 heteroatoms. The quantitative estimate of drug-likeness (QED) is 0.450. The van der Waals surface area contributed by atoms with Crippen molar-refractivity contribution in [1.29, 1.82) is 0 Å². The zero-order valence-corrected chi connectivity index (χ0v) is 15.8. The predicted octanol–water partition coefficient (Wildman–Crippen LogP) is 1.90. The van der Waals surface area contributed by atoms with E-state index in [1.54, 1.807) is 55.6 Å². The summed E-state index contributed by atoms with van der Waals surface area (Å²) in [6.07, 6.45) is 0. The van der Waals surface area contributed by atoms with Gasteiger partial charge < -0.3 is 25.4 Å². The number of anilines is 2. The molecular weight excluding hydrogens is 362 g/mol. The normalized spacial score (nSPS) is 10.1. The average Bonchev–Trinajstić information content (AvgIpc) is 2.72. The Bertz CT molecular complexity index is 821. The number of methoxy groups -OCH3 is 2. The van der Waals surface area contributed by atoms with Crippen LogP contribution in [0.4, 0.5) is 11.4 Å². The van der Waals surface area contributed by atoms with Gasteiger partial charge in [-0.05, 0) is 42.5 Å². The van der Waals surface area contributed by atoms with Crippen molar-refractivity contribution in [3.05, 3.63) is 59.7 Å². The summed E-state index contributed by atoms with van der Waals surface area (Å²) in [4.78, 5) is 35.5. The second kappa shape index (κ2) is 10.7. The first-order chi connectivity index (χ1) is 13.5. The molecule has 0 spiro atoms. The zero-order valence-electron chi connectivity index (χ0n) is 15.8. The maximum absolute atomic E-state index is 12.1. The Morgan fingerprint density at radius 2 is 1.68 bits per heavy atom. The van der Waals surface area contributed by atoms with Crippen LogP contribution in [0, 0.1) is 0 Å². The van der Waals surface area contributed by atoms with Gasteiger partial charge in [0.25, 0.3) is 5.91 Å². The highest BCUT2D eigenvalue weighted by Gasteiger charge is 2.08. The van der Waals surface area contributed by atoms with E-state index in [1.807, 2.05) is 0 Å². The van der Waals surface area contributed by atoms with E-state index in [-0.39, 0.29) is 18.4 Å². The minimum absolute atomic E-state index is 0.0213. The molecule has 8 nitrogen and oxygen atoms in total. The van der Waals surface area contributed by atoms with Crippen LogP contribution in [-0.4, -0.2) is 51.7 Å². The summed E-state index contributed by atoms with van der Waals surface area (Å²) in [5, 5.41) is 8.43. The van der Waals surface area contributed by atoms with E-state index in [0.717, 1.165) is 0 Å². The molecule has 2 aromatic carbocycles. The molecule has 148 valence electrons. The molecule has 2 amide bonds. The molecule has 0 saturated heterocycles. The van der Waals surface area contributed by atoms with Crippen molar-refractivity contribution >= 4 is 29.2 Å². The molecule has 3 N–H and O–H groups in total. The van der Waals surface area contributed by atoms with E-state index in [0.29, 0.717) is 35.7 Å². The molecule has 0 heterocycles. The Balaban J connectivity index is 1.86. The molecule has 0 atom stereocenters. The van der Waals surface area contributed by atoms with Gasteiger partial charge in [0.2, 0.25) is 5.91 Å². The number of nitrogens with one attached hydrogen (secondary N) is 3. The largest absolute Gasteiger partial charge is 0.465 e. The van der Waals surface area contributed by atoms with Crippen LogP contribution < -0.4 is 16.0 Å². The van der Waals surface area contributed by atoms with Gasteiger partial charge in [0.15, 0.2) is 0 Å². The molecule has 0 aliphatic heterocycles. The van der Waals surface area contributed by atoms with Gasteiger partial charge in [0.05, 0.1) is 25.8 Å². The molecule has 0 radical (unpaired) electrons. The highest BCUT2D eigenvalue weighted by Crippen LogP contribution is 2.12. The lowest BCUT2D eigenvalue weighted by Gasteiger charge is -2.10. The molecule has 2 aromatic rings. The van der Waals surface area contributed by atoms with Crippen LogP contribution in [0.1, 0.15) is 20.7 Å². The highest BCUT2D eigenvalue weighted by molar-refractivity contribution is 5.96. The first-order valence-corrected chi connectivity index (χ1v) is 8.63. The van der Waals surface area contributed by atoms with Crippen molar-refractivity contribution in [2.24, 2.45) is 0 Å². The van der Waals surface area contributed by atoms with E-state index in [1.165, 1.54) is 7.11 Å². The lowest BCUT2D eigenvalue weighted by atomic mass is 10.2. The molecule has 28 heavy (non-hydrogen) atoms.